The van der Waals surface area contributed by atoms with Gasteiger partial charge in [0.15, 0.2) is 0 Å². The topological polar surface area (TPSA) is 45.9 Å². The summed E-state index contributed by atoms with van der Waals surface area (Å²) in [6.07, 6.45) is 0. The lowest BCUT2D eigenvalue weighted by molar-refractivity contribution is 1.08. The number of fused-ring (bicyclic) bond motifs is 3. The van der Waals surface area contributed by atoms with E-state index in [0.29, 0.717) is 16.3 Å². The number of hydrogen-bond donors (Lipinski definition) is 1. The van der Waals surface area contributed by atoms with E-state index in [0.717, 1.165) is 16.7 Å². The van der Waals surface area contributed by atoms with Crippen molar-refractivity contribution in [1.29, 1.82) is 5.41 Å². The lowest BCUT2D eigenvalue weighted by Gasteiger charge is -2.07. The highest BCUT2D eigenvalue weighted by Crippen LogP contribution is 2.33. The van der Waals surface area contributed by atoms with Gasteiger partial charge in [0.25, 0.3) is 5.56 Å². The van der Waals surface area contributed by atoms with Crippen LogP contribution in [0.25, 0.3) is 22.4 Å². The lowest BCUT2D eigenvalue weighted by atomic mass is 10.1. The quantitative estimate of drug-likeness (QED) is 0.567. The van der Waals surface area contributed by atoms with E-state index < -0.39 is 0 Å². The monoisotopic (exact) mass is 306 g/mol. The zero-order chi connectivity index (χ0) is 15.3. The van der Waals surface area contributed by atoms with Crippen LogP contribution in [0.15, 0.2) is 65.5 Å². The van der Waals surface area contributed by atoms with Gasteiger partial charge in [-0.1, -0.05) is 41.9 Å². The fraction of sp³-hybridized carbons (Fsp3) is 0. The number of nitrogens with zero attached hydrogens (tertiary/aromatic N) is 1. The van der Waals surface area contributed by atoms with Gasteiger partial charge < -0.3 is 0 Å². The first-order valence-corrected chi connectivity index (χ1v) is 7.25. The molecule has 0 aliphatic carbocycles. The van der Waals surface area contributed by atoms with Crippen LogP contribution in [0.3, 0.4) is 0 Å². The van der Waals surface area contributed by atoms with E-state index in [2.05, 4.69) is 0 Å². The Hall–Kier alpha value is -2.65. The maximum absolute atomic E-state index is 12.8. The number of halogens is 1. The van der Waals surface area contributed by atoms with Crippen LogP contribution in [0.5, 0.6) is 0 Å². The summed E-state index contributed by atoms with van der Waals surface area (Å²) in [6, 6.07) is 18.5. The van der Waals surface area contributed by atoms with Gasteiger partial charge in [-0.15, -0.1) is 0 Å². The molecular weight excluding hydrogens is 296 g/mol. The molecule has 0 amide bonds. The highest BCUT2D eigenvalue weighted by molar-refractivity contribution is 6.31. The van der Waals surface area contributed by atoms with Crippen molar-refractivity contribution in [3.63, 3.8) is 0 Å². The first-order chi connectivity index (χ1) is 10.7. The zero-order valence-corrected chi connectivity index (χ0v) is 12.3. The average Bonchev–Trinajstić information content (AvgIpc) is 2.82. The molecule has 4 rings (SSSR count). The molecule has 0 saturated carbocycles. The third-order valence-corrected chi connectivity index (χ3v) is 4.14. The van der Waals surface area contributed by atoms with Crippen molar-refractivity contribution in [2.75, 3.05) is 0 Å². The molecule has 4 heteroatoms. The molecule has 3 aromatic rings. The largest absolute Gasteiger partial charge is 0.283 e. The van der Waals surface area contributed by atoms with Crippen LogP contribution in [0.1, 0.15) is 5.56 Å². The average molecular weight is 307 g/mol. The smallest absolute Gasteiger partial charge is 0.264 e. The molecule has 1 aromatic heterocycles. The van der Waals surface area contributed by atoms with Gasteiger partial charge in [0.1, 0.15) is 5.84 Å². The molecule has 0 unspecified atom stereocenters. The van der Waals surface area contributed by atoms with E-state index in [1.807, 2.05) is 42.5 Å². The van der Waals surface area contributed by atoms with Crippen molar-refractivity contribution in [2.24, 2.45) is 0 Å². The molecule has 2 heterocycles. The van der Waals surface area contributed by atoms with Crippen LogP contribution in [0, 0.1) is 5.41 Å². The summed E-state index contributed by atoms with van der Waals surface area (Å²) in [6.45, 7) is 0. The Morgan fingerprint density at radius 1 is 0.864 bits per heavy atom. The predicted molar refractivity (Wildman–Crippen MR) is 88.8 cm³/mol. The van der Waals surface area contributed by atoms with Crippen LogP contribution in [0.2, 0.25) is 5.02 Å². The molecule has 1 aliphatic heterocycles. The Kier molecular flexibility index (Phi) is 2.78. The van der Waals surface area contributed by atoms with E-state index in [9.17, 15) is 4.79 Å². The molecule has 106 valence electrons. The van der Waals surface area contributed by atoms with Gasteiger partial charge in [-0.3, -0.25) is 14.8 Å². The van der Waals surface area contributed by atoms with E-state index in [-0.39, 0.29) is 11.4 Å². The molecule has 0 spiro atoms. The number of aromatic nitrogens is 1. The van der Waals surface area contributed by atoms with Crippen molar-refractivity contribution in [3.05, 3.63) is 81.6 Å². The fourth-order valence-corrected chi connectivity index (χ4v) is 3.04. The molecule has 1 aliphatic rings. The summed E-state index contributed by atoms with van der Waals surface area (Å²) < 4.78 is 1.45. The van der Waals surface area contributed by atoms with Crippen LogP contribution in [-0.4, -0.2) is 10.4 Å². The summed E-state index contributed by atoms with van der Waals surface area (Å²) in [5.41, 5.74) is 3.53. The van der Waals surface area contributed by atoms with Crippen LogP contribution in [-0.2, 0) is 0 Å². The first kappa shape index (κ1) is 13.0. The van der Waals surface area contributed by atoms with Gasteiger partial charge in [0.05, 0.1) is 5.69 Å². The van der Waals surface area contributed by atoms with Crippen molar-refractivity contribution in [3.8, 4) is 22.4 Å². The number of hydrogen-bond acceptors (Lipinski definition) is 2. The van der Waals surface area contributed by atoms with Gasteiger partial charge >= 0.3 is 0 Å². The zero-order valence-electron chi connectivity index (χ0n) is 11.5. The summed E-state index contributed by atoms with van der Waals surface area (Å²) >= 11 is 6.05. The Balaban J connectivity index is 2.00. The van der Waals surface area contributed by atoms with Crippen molar-refractivity contribution in [2.45, 2.75) is 0 Å². The molecule has 3 nitrogen and oxygen atoms in total. The molecular formula is C18H11ClN2O. The molecule has 22 heavy (non-hydrogen) atoms. The fourth-order valence-electron chi connectivity index (χ4n) is 2.86. The highest BCUT2D eigenvalue weighted by atomic mass is 35.5. The Bertz CT molecular complexity index is 974. The van der Waals surface area contributed by atoms with Gasteiger partial charge in [0.2, 0.25) is 0 Å². The number of nitrogens with one attached hydrogen (secondary N) is 1. The lowest BCUT2D eigenvalue weighted by Crippen LogP contribution is -2.25. The predicted octanol–water partition coefficient (Wildman–Crippen LogP) is 4.02. The minimum atomic E-state index is -0.180. The maximum atomic E-state index is 12.8. The van der Waals surface area contributed by atoms with Gasteiger partial charge in [-0.25, -0.2) is 0 Å². The number of pyridine rings is 1. The van der Waals surface area contributed by atoms with E-state index >= 15 is 0 Å². The van der Waals surface area contributed by atoms with Gasteiger partial charge in [0, 0.05) is 21.7 Å². The summed E-state index contributed by atoms with van der Waals surface area (Å²) in [7, 11) is 0. The van der Waals surface area contributed by atoms with E-state index in [1.165, 1.54) is 4.57 Å². The molecule has 2 aromatic carbocycles. The summed E-state index contributed by atoms with van der Waals surface area (Å²) in [5.74, 6) is 0.199. The van der Waals surface area contributed by atoms with Crippen molar-refractivity contribution in [1.82, 2.24) is 4.57 Å². The second-order valence-corrected chi connectivity index (χ2v) is 5.61. The van der Waals surface area contributed by atoms with Crippen molar-refractivity contribution >= 4 is 17.4 Å². The van der Waals surface area contributed by atoms with Gasteiger partial charge in [-0.05, 0) is 35.9 Å². The standard InChI is InChI=1S/C18H11ClN2O/c19-12-6-7-14-15(10-12)16-9-8-13(11-4-2-1-3-5-11)18(22)21(16)17(14)20/h1-10,20H. The minimum absolute atomic E-state index is 0.180. The van der Waals surface area contributed by atoms with Crippen LogP contribution >= 0.6 is 11.6 Å². The molecule has 0 radical (unpaired) electrons. The van der Waals surface area contributed by atoms with Crippen LogP contribution < -0.4 is 5.56 Å². The summed E-state index contributed by atoms with van der Waals surface area (Å²) in [4.78, 5) is 12.8. The number of rotatable bonds is 1. The Morgan fingerprint density at radius 2 is 1.59 bits per heavy atom. The Morgan fingerprint density at radius 3 is 2.36 bits per heavy atom. The van der Waals surface area contributed by atoms with Crippen LogP contribution in [0.4, 0.5) is 0 Å². The summed E-state index contributed by atoms with van der Waals surface area (Å²) in [5, 5.41) is 8.90. The third-order valence-electron chi connectivity index (χ3n) is 3.90. The van der Waals surface area contributed by atoms with E-state index in [4.69, 9.17) is 17.0 Å². The Labute approximate surface area is 131 Å². The second-order valence-electron chi connectivity index (χ2n) is 5.18. The SMILES string of the molecule is N=C1c2ccc(Cl)cc2-c2ccc(-c3ccccc3)c(=O)n21. The molecule has 0 bridgehead atoms. The number of benzene rings is 2. The van der Waals surface area contributed by atoms with Crippen molar-refractivity contribution < 1.29 is 0 Å². The molecule has 1 N–H and O–H groups in total. The molecule has 0 atom stereocenters. The molecule has 0 fully saturated rings. The maximum Gasteiger partial charge on any atom is 0.264 e. The van der Waals surface area contributed by atoms with Gasteiger partial charge in [-0.2, -0.15) is 0 Å². The highest BCUT2D eigenvalue weighted by Gasteiger charge is 2.25. The molecule has 0 saturated heterocycles. The third kappa shape index (κ3) is 1.76. The minimum Gasteiger partial charge on any atom is -0.283 e. The second kappa shape index (κ2) is 4.68. The first-order valence-electron chi connectivity index (χ1n) is 6.87. The van der Waals surface area contributed by atoms with E-state index in [1.54, 1.807) is 18.2 Å². The normalized spacial score (nSPS) is 12.1.